The normalized spacial score (nSPS) is 20.8. The minimum atomic E-state index is -3.51. The Kier molecular flexibility index (Phi) is 3.38. The molecule has 0 amide bonds. The smallest absolute Gasteiger partial charge is 0.367 e. The Morgan fingerprint density at radius 1 is 1.40 bits per heavy atom. The molecule has 6 heteroatoms. The van der Waals surface area contributed by atoms with Crippen LogP contribution in [0.3, 0.4) is 0 Å². The van der Waals surface area contributed by atoms with E-state index in [2.05, 4.69) is 0 Å². The maximum absolute atomic E-state index is 12.0. The van der Waals surface area contributed by atoms with Crippen LogP contribution in [0.1, 0.15) is 13.8 Å². The molecule has 0 aromatic carbocycles. The minimum Gasteiger partial charge on any atom is -0.461 e. The van der Waals surface area contributed by atoms with Gasteiger partial charge in [0.05, 0.1) is 0 Å². The molecule has 86 valence electrons. The number of esters is 1. The van der Waals surface area contributed by atoms with E-state index in [4.69, 9.17) is 13.8 Å². The molecular weight excluding hydrogens is 219 g/mol. The molecule has 0 unspecified atom stereocenters. The average Bonchev–Trinajstić information content (AvgIpc) is 2.20. The summed E-state index contributed by atoms with van der Waals surface area (Å²) < 4.78 is 26.4. The van der Waals surface area contributed by atoms with Crippen LogP contribution in [0.15, 0.2) is 11.4 Å². The molecule has 0 bridgehead atoms. The highest BCUT2D eigenvalue weighted by Crippen LogP contribution is 2.57. The fourth-order valence-corrected chi connectivity index (χ4v) is 2.60. The number of carbonyl (C=O) groups is 1. The van der Waals surface area contributed by atoms with Crippen LogP contribution in [0.2, 0.25) is 0 Å². The van der Waals surface area contributed by atoms with Crippen LogP contribution < -0.4 is 0 Å². The van der Waals surface area contributed by atoms with Crippen molar-refractivity contribution >= 4 is 13.6 Å². The summed E-state index contributed by atoms with van der Waals surface area (Å²) in [5.41, 5.74) is -0.351. The Hall–Kier alpha value is -0.640. The lowest BCUT2D eigenvalue weighted by molar-refractivity contribution is -0.142. The highest BCUT2D eigenvalue weighted by atomic mass is 31.2. The molecule has 0 aromatic rings. The first kappa shape index (κ1) is 12.4. The number of cyclic esters (lactones) is 1. The van der Waals surface area contributed by atoms with Crippen molar-refractivity contribution in [1.29, 1.82) is 0 Å². The molecular formula is C9H15O5P. The number of ether oxygens (including phenoxy) is 1. The Bertz CT molecular complexity index is 336. The predicted molar refractivity (Wildman–Crippen MR) is 54.4 cm³/mol. The van der Waals surface area contributed by atoms with E-state index in [0.29, 0.717) is 0 Å². The molecule has 1 aliphatic rings. The fourth-order valence-electron chi connectivity index (χ4n) is 1.26. The average molecular weight is 234 g/mol. The zero-order valence-electron chi connectivity index (χ0n) is 9.27. The summed E-state index contributed by atoms with van der Waals surface area (Å²) in [6.07, 6.45) is 1.59. The monoisotopic (exact) mass is 234 g/mol. The minimum absolute atomic E-state index is 0.0243. The van der Waals surface area contributed by atoms with Gasteiger partial charge in [0.15, 0.2) is 0 Å². The Balaban J connectivity index is 3.16. The van der Waals surface area contributed by atoms with Crippen molar-refractivity contribution in [2.45, 2.75) is 13.8 Å². The zero-order chi connectivity index (χ0) is 11.7. The van der Waals surface area contributed by atoms with E-state index >= 15 is 0 Å². The van der Waals surface area contributed by atoms with Gasteiger partial charge >= 0.3 is 13.6 Å². The SMILES string of the molecule is COP(=O)(OC)C1=CC(C)(C)COC1=O. The van der Waals surface area contributed by atoms with Crippen LogP contribution >= 0.6 is 7.60 Å². The molecule has 1 rings (SSSR count). The second-order valence-electron chi connectivity index (χ2n) is 3.96. The zero-order valence-corrected chi connectivity index (χ0v) is 10.2. The van der Waals surface area contributed by atoms with E-state index in [0.717, 1.165) is 0 Å². The number of hydrogen-bond acceptors (Lipinski definition) is 5. The van der Waals surface area contributed by atoms with Gasteiger partial charge in [0.1, 0.15) is 11.9 Å². The van der Waals surface area contributed by atoms with Crippen LogP contribution in [0.5, 0.6) is 0 Å². The topological polar surface area (TPSA) is 61.8 Å². The molecule has 1 heterocycles. The molecule has 5 nitrogen and oxygen atoms in total. The Labute approximate surface area is 88.9 Å². The van der Waals surface area contributed by atoms with Crippen molar-refractivity contribution in [1.82, 2.24) is 0 Å². The summed E-state index contributed by atoms with van der Waals surface area (Å²) in [5.74, 6) is -0.638. The van der Waals surface area contributed by atoms with Gasteiger partial charge in [0.2, 0.25) is 0 Å². The second kappa shape index (κ2) is 4.08. The summed E-state index contributed by atoms with van der Waals surface area (Å²) in [6.45, 7) is 4.01. The quantitative estimate of drug-likeness (QED) is 0.551. The predicted octanol–water partition coefficient (Wildman–Crippen LogP) is 1.94. The molecule has 0 aromatic heterocycles. The van der Waals surface area contributed by atoms with Crippen LogP contribution in [0.4, 0.5) is 0 Å². The third kappa shape index (κ3) is 2.48. The van der Waals surface area contributed by atoms with Crippen molar-refractivity contribution in [3.63, 3.8) is 0 Å². The first-order chi connectivity index (χ1) is 6.84. The maximum Gasteiger partial charge on any atom is 0.367 e. The lowest BCUT2D eigenvalue weighted by atomic mass is 9.93. The van der Waals surface area contributed by atoms with Gasteiger partial charge in [-0.1, -0.05) is 19.9 Å². The first-order valence-corrected chi connectivity index (χ1v) is 6.01. The van der Waals surface area contributed by atoms with Gasteiger partial charge in [-0.25, -0.2) is 4.79 Å². The van der Waals surface area contributed by atoms with Crippen LogP contribution in [0.25, 0.3) is 0 Å². The lowest BCUT2D eigenvalue weighted by Gasteiger charge is -2.28. The van der Waals surface area contributed by atoms with E-state index < -0.39 is 13.6 Å². The third-order valence-electron chi connectivity index (χ3n) is 2.09. The van der Waals surface area contributed by atoms with E-state index in [1.807, 2.05) is 13.8 Å². The van der Waals surface area contributed by atoms with Gasteiger partial charge in [-0.15, -0.1) is 0 Å². The molecule has 0 atom stereocenters. The molecule has 15 heavy (non-hydrogen) atoms. The summed E-state index contributed by atoms with van der Waals surface area (Å²) in [7, 11) is -1.03. The van der Waals surface area contributed by atoms with Crippen molar-refractivity contribution < 1.29 is 23.1 Å². The number of hydrogen-bond donors (Lipinski definition) is 0. The van der Waals surface area contributed by atoms with Gasteiger partial charge in [0, 0.05) is 19.6 Å². The number of rotatable bonds is 3. The third-order valence-corrected chi connectivity index (χ3v) is 3.95. The second-order valence-corrected chi connectivity index (χ2v) is 6.16. The molecule has 1 aliphatic heterocycles. The summed E-state index contributed by atoms with van der Waals surface area (Å²) >= 11 is 0. The molecule has 0 aliphatic carbocycles. The first-order valence-electron chi connectivity index (χ1n) is 4.47. The lowest BCUT2D eigenvalue weighted by Crippen LogP contribution is -2.27. The summed E-state index contributed by atoms with van der Waals surface area (Å²) in [6, 6.07) is 0. The highest BCUT2D eigenvalue weighted by Gasteiger charge is 2.40. The van der Waals surface area contributed by atoms with Crippen molar-refractivity contribution in [3.8, 4) is 0 Å². The van der Waals surface area contributed by atoms with Crippen LogP contribution in [0, 0.1) is 5.41 Å². The van der Waals surface area contributed by atoms with Crippen molar-refractivity contribution in [2.24, 2.45) is 5.41 Å². The maximum atomic E-state index is 12.0. The van der Waals surface area contributed by atoms with E-state index in [9.17, 15) is 9.36 Å². The number of carbonyl (C=O) groups excluding carboxylic acids is 1. The molecule has 0 fully saturated rings. The highest BCUT2D eigenvalue weighted by molar-refractivity contribution is 7.59. The summed E-state index contributed by atoms with van der Waals surface area (Å²) in [4.78, 5) is 11.4. The molecule has 0 N–H and O–H groups in total. The largest absolute Gasteiger partial charge is 0.461 e. The molecule has 0 saturated heterocycles. The standard InChI is InChI=1S/C9H15O5P/c1-9(2)5-7(8(10)14-6-9)15(11,12-3)13-4/h5H,6H2,1-4H3. The molecule has 0 spiro atoms. The van der Waals surface area contributed by atoms with E-state index in [1.54, 1.807) is 6.08 Å². The Morgan fingerprint density at radius 3 is 2.40 bits per heavy atom. The fraction of sp³-hybridized carbons (Fsp3) is 0.667. The van der Waals surface area contributed by atoms with Gasteiger partial charge < -0.3 is 13.8 Å². The van der Waals surface area contributed by atoms with Crippen LogP contribution in [-0.4, -0.2) is 26.8 Å². The van der Waals surface area contributed by atoms with E-state index in [1.165, 1.54) is 14.2 Å². The van der Waals surface area contributed by atoms with Gasteiger partial charge in [0.25, 0.3) is 0 Å². The van der Waals surface area contributed by atoms with E-state index in [-0.39, 0.29) is 17.3 Å². The Morgan fingerprint density at radius 2 is 1.93 bits per heavy atom. The van der Waals surface area contributed by atoms with Gasteiger partial charge in [-0.2, -0.15) is 0 Å². The van der Waals surface area contributed by atoms with Gasteiger partial charge in [-0.05, 0) is 0 Å². The molecule has 0 radical (unpaired) electrons. The summed E-state index contributed by atoms with van der Waals surface area (Å²) in [5, 5.41) is -0.0243. The van der Waals surface area contributed by atoms with Gasteiger partial charge in [-0.3, -0.25) is 4.57 Å². The van der Waals surface area contributed by atoms with Crippen molar-refractivity contribution in [2.75, 3.05) is 20.8 Å². The molecule has 0 saturated carbocycles. The van der Waals surface area contributed by atoms with Crippen LogP contribution in [-0.2, 0) is 23.1 Å². The van der Waals surface area contributed by atoms with Crippen molar-refractivity contribution in [3.05, 3.63) is 11.4 Å².